The highest BCUT2D eigenvalue weighted by Gasteiger charge is 2.56. The number of hydrogen-bond donors (Lipinski definition) is 1. The second-order valence-electron chi connectivity index (χ2n) is 9.70. The van der Waals surface area contributed by atoms with Gasteiger partial charge in [0, 0.05) is 24.4 Å². The lowest BCUT2D eigenvalue weighted by molar-refractivity contribution is -0.148. The zero-order chi connectivity index (χ0) is 18.8. The van der Waals surface area contributed by atoms with E-state index >= 15 is 0 Å². The number of nitrogens with one attached hydrogen (secondary N) is 1. The molecule has 0 saturated heterocycles. The minimum Gasteiger partial charge on any atom is -0.462 e. The van der Waals surface area contributed by atoms with Crippen molar-refractivity contribution < 1.29 is 14.1 Å². The van der Waals surface area contributed by atoms with Crippen LogP contribution in [0.15, 0.2) is 22.4 Å². The van der Waals surface area contributed by atoms with Gasteiger partial charge in [0.25, 0.3) is 0 Å². The Hall–Kier alpha value is -1.78. The minimum atomic E-state index is -0.149. The highest BCUT2D eigenvalue weighted by atomic mass is 16.5. The lowest BCUT2D eigenvalue weighted by Crippen LogP contribution is -2.58. The van der Waals surface area contributed by atoms with Gasteiger partial charge in [-0.3, -0.25) is 4.79 Å². The number of hydrogen-bond acceptors (Lipinski definition) is 5. The summed E-state index contributed by atoms with van der Waals surface area (Å²) < 4.78 is 11.0. The fourth-order valence-electron chi connectivity index (χ4n) is 6.82. The van der Waals surface area contributed by atoms with Crippen molar-refractivity contribution in [3.8, 4) is 0 Å². The molecule has 5 rings (SSSR count). The largest absolute Gasteiger partial charge is 0.462 e. The first-order chi connectivity index (χ1) is 12.9. The average molecular weight is 370 g/mol. The molecule has 5 nitrogen and oxygen atoms in total. The maximum atomic E-state index is 11.4. The minimum absolute atomic E-state index is 0.0724. The quantitative estimate of drug-likeness (QED) is 0.583. The number of ether oxygens (including phenoxy) is 1. The number of rotatable bonds is 1. The first kappa shape index (κ1) is 17.3. The van der Waals surface area contributed by atoms with Gasteiger partial charge in [-0.15, -0.1) is 0 Å². The van der Waals surface area contributed by atoms with Gasteiger partial charge >= 0.3 is 5.97 Å². The molecule has 1 N–H and O–H groups in total. The van der Waals surface area contributed by atoms with Gasteiger partial charge < -0.3 is 14.6 Å². The summed E-state index contributed by atoms with van der Waals surface area (Å²) in [7, 11) is 0. The number of esters is 1. The Bertz CT molecular complexity index is 799. The van der Waals surface area contributed by atoms with Crippen molar-refractivity contribution in [3.05, 3.63) is 23.4 Å². The maximum Gasteiger partial charge on any atom is 0.302 e. The SMILES string of the molecule is CC(=O)O[C@H]1CC[C@@]2(C)C(=CC[C@@H]3C2CC[C@]2(C)Nc4oncc4CC32)C1. The number of fused-ring (bicyclic) bond motifs is 6. The third-order valence-corrected chi connectivity index (χ3v) is 8.26. The third-order valence-electron chi connectivity index (χ3n) is 8.26. The van der Waals surface area contributed by atoms with Crippen LogP contribution < -0.4 is 5.32 Å². The molecule has 0 aromatic carbocycles. The van der Waals surface area contributed by atoms with Crippen LogP contribution in [0.25, 0.3) is 0 Å². The van der Waals surface area contributed by atoms with Gasteiger partial charge in [0.15, 0.2) is 0 Å². The van der Waals surface area contributed by atoms with Crippen LogP contribution in [-0.4, -0.2) is 22.8 Å². The summed E-state index contributed by atoms with van der Waals surface area (Å²) in [5.74, 6) is 2.76. The van der Waals surface area contributed by atoms with E-state index < -0.39 is 0 Å². The zero-order valence-electron chi connectivity index (χ0n) is 16.6. The fourth-order valence-corrected chi connectivity index (χ4v) is 6.82. The number of allylic oxidation sites excluding steroid dienone is 1. The molecule has 0 radical (unpaired) electrons. The molecule has 2 heterocycles. The van der Waals surface area contributed by atoms with Crippen LogP contribution in [0, 0.1) is 23.2 Å². The highest BCUT2D eigenvalue weighted by molar-refractivity contribution is 5.66. The van der Waals surface area contributed by atoms with Crippen molar-refractivity contribution in [2.45, 2.75) is 77.4 Å². The van der Waals surface area contributed by atoms with E-state index in [0.717, 1.165) is 43.9 Å². The summed E-state index contributed by atoms with van der Waals surface area (Å²) in [6.07, 6.45) is 12.1. The summed E-state index contributed by atoms with van der Waals surface area (Å²) >= 11 is 0. The van der Waals surface area contributed by atoms with Gasteiger partial charge in [0.05, 0.1) is 6.20 Å². The number of carbonyl (C=O) groups is 1. The molecule has 2 unspecified atom stereocenters. The fraction of sp³-hybridized carbons (Fsp3) is 0.727. The Morgan fingerprint density at radius 2 is 2.11 bits per heavy atom. The molecule has 6 atom stereocenters. The molecule has 2 saturated carbocycles. The van der Waals surface area contributed by atoms with E-state index in [2.05, 4.69) is 30.4 Å². The Morgan fingerprint density at radius 3 is 2.93 bits per heavy atom. The molecule has 0 bridgehead atoms. The molecule has 1 aromatic heterocycles. The van der Waals surface area contributed by atoms with Gasteiger partial charge in [0.1, 0.15) is 6.10 Å². The smallest absolute Gasteiger partial charge is 0.302 e. The third kappa shape index (κ3) is 2.57. The van der Waals surface area contributed by atoms with Crippen LogP contribution in [-0.2, 0) is 16.0 Å². The van der Waals surface area contributed by atoms with Gasteiger partial charge in [-0.2, -0.15) is 0 Å². The van der Waals surface area contributed by atoms with Crippen LogP contribution in [0.1, 0.15) is 64.9 Å². The number of anilines is 1. The van der Waals surface area contributed by atoms with Crippen LogP contribution in [0.3, 0.4) is 0 Å². The molecule has 4 aliphatic rings. The lowest BCUT2D eigenvalue weighted by atomic mass is 9.48. The Labute approximate surface area is 160 Å². The molecule has 5 heteroatoms. The Kier molecular flexibility index (Phi) is 3.76. The van der Waals surface area contributed by atoms with Crippen molar-refractivity contribution in [2.24, 2.45) is 23.2 Å². The molecular formula is C22H30N2O3. The van der Waals surface area contributed by atoms with E-state index in [9.17, 15) is 4.79 Å². The monoisotopic (exact) mass is 370 g/mol. The molecule has 0 spiro atoms. The number of carbonyl (C=O) groups excluding carboxylic acids is 1. The van der Waals surface area contributed by atoms with E-state index in [0.29, 0.717) is 11.8 Å². The van der Waals surface area contributed by atoms with E-state index in [-0.39, 0.29) is 23.0 Å². The van der Waals surface area contributed by atoms with Crippen molar-refractivity contribution in [1.82, 2.24) is 5.16 Å². The second-order valence-corrected chi connectivity index (χ2v) is 9.70. The van der Waals surface area contributed by atoms with E-state index in [1.54, 1.807) is 5.57 Å². The molecule has 1 aliphatic heterocycles. The standard InChI is InChI=1S/C22H30N2O3/c1-13(25)26-16-6-8-21(2)15(11-16)4-5-17-18(21)7-9-22(3)19(17)10-14-12-23-27-20(14)24-22/h4,12,16-19,24H,5-11H2,1-3H3/t16-,17+,18?,19?,21-,22-/m0/s1. The summed E-state index contributed by atoms with van der Waals surface area (Å²) in [5.41, 5.74) is 3.14. The Balaban J connectivity index is 1.44. The van der Waals surface area contributed by atoms with Gasteiger partial charge in [0.2, 0.25) is 5.88 Å². The van der Waals surface area contributed by atoms with Crippen LogP contribution in [0.2, 0.25) is 0 Å². The molecule has 0 amide bonds. The topological polar surface area (TPSA) is 64.4 Å². The predicted molar refractivity (Wildman–Crippen MR) is 102 cm³/mol. The molecular weight excluding hydrogens is 340 g/mol. The molecule has 27 heavy (non-hydrogen) atoms. The number of nitrogens with zero attached hydrogens (tertiary/aromatic N) is 1. The molecule has 3 aliphatic carbocycles. The van der Waals surface area contributed by atoms with Crippen LogP contribution in [0.4, 0.5) is 5.88 Å². The predicted octanol–water partition coefficient (Wildman–Crippen LogP) is 4.50. The normalized spacial score (nSPS) is 42.6. The molecule has 2 fully saturated rings. The average Bonchev–Trinajstić information content (AvgIpc) is 3.05. The van der Waals surface area contributed by atoms with Crippen molar-refractivity contribution >= 4 is 11.9 Å². The Morgan fingerprint density at radius 1 is 1.26 bits per heavy atom. The summed E-state index contributed by atoms with van der Waals surface area (Å²) in [6.45, 7) is 6.37. The summed E-state index contributed by atoms with van der Waals surface area (Å²) in [5, 5.41) is 7.71. The maximum absolute atomic E-state index is 11.4. The highest BCUT2D eigenvalue weighted by Crippen LogP contribution is 2.61. The van der Waals surface area contributed by atoms with Gasteiger partial charge in [-0.05, 0) is 68.6 Å². The van der Waals surface area contributed by atoms with E-state index in [1.165, 1.54) is 25.3 Å². The first-order valence-electron chi connectivity index (χ1n) is 10.5. The van der Waals surface area contributed by atoms with Crippen molar-refractivity contribution in [1.29, 1.82) is 0 Å². The summed E-state index contributed by atoms with van der Waals surface area (Å²) in [6, 6.07) is 0. The van der Waals surface area contributed by atoms with E-state index in [4.69, 9.17) is 9.26 Å². The van der Waals surface area contributed by atoms with Gasteiger partial charge in [-0.1, -0.05) is 23.7 Å². The van der Waals surface area contributed by atoms with E-state index in [1.807, 2.05) is 6.20 Å². The van der Waals surface area contributed by atoms with Crippen LogP contribution >= 0.6 is 0 Å². The second kappa shape index (κ2) is 5.86. The number of aromatic nitrogens is 1. The van der Waals surface area contributed by atoms with Crippen molar-refractivity contribution in [3.63, 3.8) is 0 Å². The lowest BCUT2D eigenvalue weighted by Gasteiger charge is -2.59. The van der Waals surface area contributed by atoms with Crippen LogP contribution in [0.5, 0.6) is 0 Å². The molecule has 146 valence electrons. The first-order valence-corrected chi connectivity index (χ1v) is 10.5. The van der Waals surface area contributed by atoms with Crippen molar-refractivity contribution in [2.75, 3.05) is 5.32 Å². The zero-order valence-corrected chi connectivity index (χ0v) is 16.6. The van der Waals surface area contributed by atoms with Gasteiger partial charge in [-0.25, -0.2) is 0 Å². The molecule has 1 aromatic rings. The summed E-state index contributed by atoms with van der Waals surface area (Å²) in [4.78, 5) is 11.4.